The molecule has 34 heavy (non-hydrogen) atoms. The van der Waals surface area contributed by atoms with Crippen molar-refractivity contribution in [2.75, 3.05) is 16.6 Å². The van der Waals surface area contributed by atoms with Gasteiger partial charge in [-0.05, 0) is 73.5 Å². The lowest BCUT2D eigenvalue weighted by molar-refractivity contribution is -0.137. The Morgan fingerprint density at radius 1 is 0.971 bits per heavy atom. The van der Waals surface area contributed by atoms with Gasteiger partial charge in [0.25, 0.3) is 15.9 Å². The van der Waals surface area contributed by atoms with Crippen LogP contribution in [0.15, 0.2) is 65.6 Å². The highest BCUT2D eigenvalue weighted by Crippen LogP contribution is 2.32. The quantitative estimate of drug-likeness (QED) is 0.419. The van der Waals surface area contributed by atoms with Crippen molar-refractivity contribution in [1.29, 1.82) is 0 Å². The largest absolute Gasteiger partial charge is 0.482 e. The number of hydrogen-bond acceptors (Lipinski definition) is 4. The van der Waals surface area contributed by atoms with Gasteiger partial charge < -0.3 is 10.1 Å². The number of benzene rings is 3. The maximum atomic E-state index is 12.9. The van der Waals surface area contributed by atoms with Crippen LogP contribution in [0.25, 0.3) is 0 Å². The molecule has 0 atom stereocenters. The molecule has 3 rings (SSSR count). The summed E-state index contributed by atoms with van der Waals surface area (Å²) in [5.74, 6) is -0.376. The molecule has 11 heteroatoms. The van der Waals surface area contributed by atoms with E-state index in [1.165, 1.54) is 18.2 Å². The molecule has 2 N–H and O–H groups in total. The Balaban J connectivity index is 1.67. The van der Waals surface area contributed by atoms with E-state index in [2.05, 4.69) is 10.0 Å². The predicted octanol–water partition coefficient (Wildman–Crippen LogP) is 5.79. The third kappa shape index (κ3) is 6.64. The lowest BCUT2D eigenvalue weighted by atomic mass is 10.1. The maximum absolute atomic E-state index is 12.9. The van der Waals surface area contributed by atoms with E-state index in [9.17, 15) is 26.4 Å². The van der Waals surface area contributed by atoms with Gasteiger partial charge in [-0.25, -0.2) is 8.42 Å². The zero-order chi connectivity index (χ0) is 25.1. The number of ether oxygens (including phenoxy) is 1. The van der Waals surface area contributed by atoms with Crippen molar-refractivity contribution in [1.82, 2.24) is 0 Å². The molecule has 3 aromatic carbocycles. The van der Waals surface area contributed by atoms with Gasteiger partial charge in [-0.1, -0.05) is 23.7 Å². The molecular formula is C23H20ClF3N2O4S. The second kappa shape index (κ2) is 9.94. The van der Waals surface area contributed by atoms with Crippen molar-refractivity contribution in [3.8, 4) is 5.75 Å². The number of alkyl halides is 3. The predicted molar refractivity (Wildman–Crippen MR) is 124 cm³/mol. The Morgan fingerprint density at radius 3 is 2.26 bits per heavy atom. The number of carbonyl (C=O) groups is 1. The molecule has 6 nitrogen and oxygen atoms in total. The molecule has 0 aromatic heterocycles. The van der Waals surface area contributed by atoms with Crippen LogP contribution in [-0.4, -0.2) is 20.9 Å². The molecule has 1 amide bonds. The van der Waals surface area contributed by atoms with Crippen molar-refractivity contribution in [3.63, 3.8) is 0 Å². The van der Waals surface area contributed by atoms with Gasteiger partial charge in [0.15, 0.2) is 6.61 Å². The van der Waals surface area contributed by atoms with Gasteiger partial charge in [-0.3, -0.25) is 9.52 Å². The molecule has 180 valence electrons. The highest BCUT2D eigenvalue weighted by molar-refractivity contribution is 7.92. The van der Waals surface area contributed by atoms with Crippen molar-refractivity contribution in [2.24, 2.45) is 0 Å². The number of anilines is 2. The Labute approximate surface area is 199 Å². The second-order valence-electron chi connectivity index (χ2n) is 7.49. The topological polar surface area (TPSA) is 84.5 Å². The first-order chi connectivity index (χ1) is 15.8. The number of carbonyl (C=O) groups excluding carboxylic acids is 1. The second-order valence-corrected chi connectivity index (χ2v) is 9.58. The van der Waals surface area contributed by atoms with Gasteiger partial charge in [-0.2, -0.15) is 13.2 Å². The summed E-state index contributed by atoms with van der Waals surface area (Å²) >= 11 is 6.11. The molecule has 0 heterocycles. The third-order valence-corrected chi connectivity index (χ3v) is 6.19. The van der Waals surface area contributed by atoms with Crippen LogP contribution in [0.1, 0.15) is 16.7 Å². The Hall–Kier alpha value is -3.24. The van der Waals surface area contributed by atoms with E-state index in [0.717, 1.165) is 29.3 Å². The summed E-state index contributed by atoms with van der Waals surface area (Å²) in [4.78, 5) is 11.9. The zero-order valence-corrected chi connectivity index (χ0v) is 19.6. The van der Waals surface area contributed by atoms with Gasteiger partial charge in [-0.15, -0.1) is 0 Å². The molecule has 0 fully saturated rings. The van der Waals surface area contributed by atoms with Crippen molar-refractivity contribution >= 4 is 38.9 Å². The normalized spacial score (nSPS) is 11.7. The van der Waals surface area contributed by atoms with Crippen LogP contribution in [0.3, 0.4) is 0 Å². The van der Waals surface area contributed by atoms with Crippen LogP contribution >= 0.6 is 11.6 Å². The average molecular weight is 513 g/mol. The summed E-state index contributed by atoms with van der Waals surface area (Å²) in [6.07, 6.45) is -4.62. The SMILES string of the molecule is Cc1cc(C)cc(NC(=O)COc2ccc(S(=O)(=O)Nc3cccc(C(F)(F)F)c3)cc2Cl)c1. The zero-order valence-electron chi connectivity index (χ0n) is 18.0. The summed E-state index contributed by atoms with van der Waals surface area (Å²) in [5.41, 5.74) is 1.33. The molecular weight excluding hydrogens is 493 g/mol. The molecule has 0 saturated carbocycles. The van der Waals surface area contributed by atoms with Crippen molar-refractivity contribution in [2.45, 2.75) is 24.9 Å². The maximum Gasteiger partial charge on any atom is 0.416 e. The van der Waals surface area contributed by atoms with Gasteiger partial charge in [0, 0.05) is 11.4 Å². The lowest BCUT2D eigenvalue weighted by Crippen LogP contribution is -2.20. The smallest absolute Gasteiger partial charge is 0.416 e. The third-order valence-electron chi connectivity index (χ3n) is 4.52. The molecule has 0 aliphatic rings. The first-order valence-electron chi connectivity index (χ1n) is 9.84. The van der Waals surface area contributed by atoms with Crippen LogP contribution < -0.4 is 14.8 Å². The van der Waals surface area contributed by atoms with Crippen molar-refractivity contribution in [3.05, 3.63) is 82.4 Å². The number of amides is 1. The van der Waals surface area contributed by atoms with E-state index in [1.54, 1.807) is 12.1 Å². The summed E-state index contributed by atoms with van der Waals surface area (Å²) in [5, 5.41) is 2.61. The Kier molecular flexibility index (Phi) is 7.42. The Morgan fingerprint density at radius 2 is 1.65 bits per heavy atom. The van der Waals surface area contributed by atoms with Crippen LogP contribution in [0.4, 0.5) is 24.5 Å². The number of halogens is 4. The molecule has 3 aromatic rings. The molecule has 0 aliphatic carbocycles. The van der Waals surface area contributed by atoms with Crippen LogP contribution in [0.2, 0.25) is 5.02 Å². The number of sulfonamides is 1. The fraction of sp³-hybridized carbons (Fsp3) is 0.174. The van der Waals surface area contributed by atoms with Crippen molar-refractivity contribution < 1.29 is 31.1 Å². The number of nitrogens with one attached hydrogen (secondary N) is 2. The number of hydrogen-bond donors (Lipinski definition) is 2. The van der Waals surface area contributed by atoms with E-state index in [0.29, 0.717) is 11.8 Å². The Bertz CT molecular complexity index is 1310. The molecule has 0 radical (unpaired) electrons. The van der Waals surface area contributed by atoms with E-state index < -0.39 is 27.7 Å². The standard InChI is InChI=1S/C23H20ClF3N2O4S/c1-14-8-15(2)10-18(9-14)28-22(30)13-33-21-7-6-19(12-20(21)24)34(31,32)29-17-5-3-4-16(11-17)23(25,26)27/h3-12,29H,13H2,1-2H3,(H,28,30). The number of aryl methyl sites for hydroxylation is 2. The van der Waals surface area contributed by atoms with Crippen LogP contribution in [-0.2, 0) is 21.0 Å². The first-order valence-corrected chi connectivity index (χ1v) is 11.7. The minimum Gasteiger partial charge on any atom is -0.482 e. The fourth-order valence-corrected chi connectivity index (χ4v) is 4.50. The van der Waals surface area contributed by atoms with E-state index in [4.69, 9.17) is 16.3 Å². The van der Waals surface area contributed by atoms with Crippen LogP contribution in [0, 0.1) is 13.8 Å². The number of rotatable bonds is 7. The van der Waals surface area contributed by atoms with Gasteiger partial charge >= 0.3 is 6.18 Å². The lowest BCUT2D eigenvalue weighted by Gasteiger charge is -2.13. The first kappa shape index (κ1) is 25.4. The van der Waals surface area contributed by atoms with E-state index in [1.807, 2.05) is 19.9 Å². The monoisotopic (exact) mass is 512 g/mol. The average Bonchev–Trinajstić information content (AvgIpc) is 2.71. The highest BCUT2D eigenvalue weighted by Gasteiger charge is 2.30. The summed E-state index contributed by atoms with van der Waals surface area (Å²) in [6.45, 7) is 3.42. The molecule has 0 bridgehead atoms. The summed E-state index contributed by atoms with van der Waals surface area (Å²) in [6, 6.07) is 12.9. The highest BCUT2D eigenvalue weighted by atomic mass is 35.5. The molecule has 0 spiro atoms. The van der Waals surface area contributed by atoms with Crippen LogP contribution in [0.5, 0.6) is 5.75 Å². The van der Waals surface area contributed by atoms with Gasteiger partial charge in [0.05, 0.1) is 15.5 Å². The van der Waals surface area contributed by atoms with Gasteiger partial charge in [0.1, 0.15) is 5.75 Å². The minimum atomic E-state index is -4.62. The molecule has 0 aliphatic heterocycles. The van der Waals surface area contributed by atoms with E-state index >= 15 is 0 Å². The minimum absolute atomic E-state index is 0.0651. The van der Waals surface area contributed by atoms with Gasteiger partial charge in [0.2, 0.25) is 0 Å². The summed E-state index contributed by atoms with van der Waals surface area (Å²) < 4.78 is 71.3. The molecule has 0 saturated heterocycles. The molecule has 0 unspecified atom stereocenters. The fourth-order valence-electron chi connectivity index (χ4n) is 3.13. The summed E-state index contributed by atoms with van der Waals surface area (Å²) in [7, 11) is -4.23. The van der Waals surface area contributed by atoms with E-state index in [-0.39, 0.29) is 28.0 Å².